The number of hydrogen-bond donors (Lipinski definition) is 0. The topological polar surface area (TPSA) is 26.3 Å². The van der Waals surface area contributed by atoms with Gasteiger partial charge in [-0.2, -0.15) is 0 Å². The third-order valence-corrected chi connectivity index (χ3v) is 13.9. The van der Waals surface area contributed by atoms with Gasteiger partial charge in [-0.1, -0.05) is 182 Å². The molecule has 2 aliphatic carbocycles. The zero-order chi connectivity index (χ0) is 33.4. The van der Waals surface area contributed by atoms with Gasteiger partial charge < -0.3 is 19.6 Å². The minimum absolute atomic E-state index is 0. The predicted octanol–water partition coefficient (Wildman–Crippen LogP) is 11.6. The maximum Gasteiger partial charge on any atom is 2.00 e. The third kappa shape index (κ3) is 17.0. The van der Waals surface area contributed by atoms with Crippen molar-refractivity contribution in [2.24, 2.45) is 0 Å². The summed E-state index contributed by atoms with van der Waals surface area (Å²) in [5.74, 6) is -0.157. The van der Waals surface area contributed by atoms with Crippen LogP contribution in [0.2, 0.25) is 0 Å². The van der Waals surface area contributed by atoms with Crippen molar-refractivity contribution >= 4 is 43.0 Å². The van der Waals surface area contributed by atoms with Crippen molar-refractivity contribution in [3.63, 3.8) is 0 Å². The Morgan fingerprint density at radius 3 is 0.918 bits per heavy atom. The molecule has 0 heterocycles. The molecule has 5 heteroatoms. The van der Waals surface area contributed by atoms with Crippen molar-refractivity contribution in [1.29, 1.82) is 0 Å². The first-order valence-electron chi connectivity index (χ1n) is 17.6. The smallest absolute Gasteiger partial charge is 0.469 e. The summed E-state index contributed by atoms with van der Waals surface area (Å²) in [5, 5.41) is 6.19. The van der Waals surface area contributed by atoms with E-state index in [2.05, 4.69) is 126 Å². The fraction of sp³-hybridized carbons (Fsp3) is 0.386. The number of methoxy groups -OCH3 is 1. The van der Waals surface area contributed by atoms with E-state index in [9.17, 15) is 4.79 Å². The summed E-state index contributed by atoms with van der Waals surface area (Å²) in [6, 6.07) is 44.5. The van der Waals surface area contributed by atoms with E-state index in [1.807, 2.05) is 27.7 Å². The van der Waals surface area contributed by atoms with Crippen LogP contribution in [0.25, 0.3) is 0 Å². The summed E-state index contributed by atoms with van der Waals surface area (Å²) >= 11 is 0. The Labute approximate surface area is 315 Å². The molecular weight excluding hydrogens is 678 g/mol. The molecule has 0 amide bonds. The molecule has 2 saturated carbocycles. The van der Waals surface area contributed by atoms with Gasteiger partial charge in [-0.3, -0.25) is 4.79 Å². The van der Waals surface area contributed by atoms with Crippen LogP contribution in [-0.4, -0.2) is 24.4 Å². The van der Waals surface area contributed by atoms with E-state index in [1.165, 1.54) is 58.5 Å². The molecule has 0 unspecified atom stereocenters. The number of hydrogen-bond acceptors (Lipinski definition) is 2. The number of esters is 1. The number of carbonyl (C=O) groups excluding carboxylic acids is 1. The van der Waals surface area contributed by atoms with Gasteiger partial charge >= 0.3 is 23.0 Å². The van der Waals surface area contributed by atoms with Crippen LogP contribution in [0.1, 0.15) is 92.4 Å². The summed E-state index contributed by atoms with van der Waals surface area (Å²) in [6.45, 7) is 9.76. The fourth-order valence-electron chi connectivity index (χ4n) is 5.97. The van der Waals surface area contributed by atoms with Gasteiger partial charge in [0.15, 0.2) is 0 Å². The van der Waals surface area contributed by atoms with Crippen LogP contribution in [0.5, 0.6) is 0 Å². The maximum absolute atomic E-state index is 9.96. The average molecular weight is 743 g/mol. The molecule has 0 N–H and O–H groups in total. The molecule has 270 valence electrons. The van der Waals surface area contributed by atoms with Crippen LogP contribution >= 0.6 is 15.8 Å². The summed E-state index contributed by atoms with van der Waals surface area (Å²) < 4.78 is 4.26. The van der Waals surface area contributed by atoms with Crippen LogP contribution in [0.3, 0.4) is 0 Å². The molecule has 4 aromatic carbocycles. The molecule has 2 aliphatic rings. The third-order valence-electron chi connectivity index (χ3n) is 8.03. The van der Waals surface area contributed by atoms with E-state index < -0.39 is 0 Å². The molecule has 49 heavy (non-hydrogen) atoms. The zero-order valence-corrected chi connectivity index (χ0v) is 34.5. The van der Waals surface area contributed by atoms with Crippen molar-refractivity contribution in [2.45, 2.75) is 104 Å². The minimum Gasteiger partial charge on any atom is -0.469 e. The zero-order valence-electron chi connectivity index (χ0n) is 31.6. The van der Waals surface area contributed by atoms with Crippen LogP contribution < -0.4 is 21.2 Å². The van der Waals surface area contributed by atoms with E-state index in [4.69, 9.17) is 0 Å². The normalized spacial score (nSPS) is 13.1. The number of rotatable bonds is 7. The van der Waals surface area contributed by atoms with Crippen LogP contribution in [0.4, 0.5) is 0 Å². The Balaban J connectivity index is 0. The standard InChI is InChI=1S/2C17H19P.C4H8O2.2C2H6.2CH3.Fe/c2*1-3-9-15(10-4-1)18(17-13-7-8-14-17)16-11-5-2-6-12-16;1-3-4(5)6-2;2*1-2;;;/h2*1-6,9-12,17H,7-8,13-14H2;3H2,1-2H3;2*1-2H3;2*1H3;/q;;;;;2*-1;+2. The molecule has 2 fully saturated rings. The summed E-state index contributed by atoms with van der Waals surface area (Å²) in [4.78, 5) is 9.96. The van der Waals surface area contributed by atoms with Gasteiger partial charge in [0.25, 0.3) is 0 Å². The molecule has 0 spiro atoms. The molecule has 0 saturated heterocycles. The SMILES string of the molecule is CC.CC.CCC(=O)OC.[CH3-].[CH3-].[Fe+2].c1ccc(P(c2ccccc2)C2CCCC2)cc1.c1ccc(P(c2ccccc2)C2CCCC2)cc1. The van der Waals surface area contributed by atoms with Crippen molar-refractivity contribution in [3.8, 4) is 0 Å². The quantitative estimate of drug-likeness (QED) is 0.0816. The summed E-state index contributed by atoms with van der Waals surface area (Å²) in [5.41, 5.74) is 1.79. The van der Waals surface area contributed by atoms with Gasteiger partial charge in [0.2, 0.25) is 0 Å². The van der Waals surface area contributed by atoms with E-state index >= 15 is 0 Å². The van der Waals surface area contributed by atoms with Gasteiger partial charge in [0.05, 0.1) is 7.11 Å². The molecular formula is C44H64FeO2P2. The molecule has 0 bridgehead atoms. The second-order valence-corrected chi connectivity index (χ2v) is 15.9. The Morgan fingerprint density at radius 1 is 0.531 bits per heavy atom. The van der Waals surface area contributed by atoms with Gasteiger partial charge in [-0.25, -0.2) is 0 Å². The Kier molecular flexibility index (Phi) is 30.4. The molecule has 0 aromatic heterocycles. The average Bonchev–Trinajstić information content (AvgIpc) is 3.88. The first-order chi connectivity index (χ1) is 22.7. The van der Waals surface area contributed by atoms with E-state index in [0.717, 1.165) is 11.3 Å². The van der Waals surface area contributed by atoms with Gasteiger partial charge in [0, 0.05) is 6.42 Å². The summed E-state index contributed by atoms with van der Waals surface area (Å²) in [7, 11) is 1.08. The van der Waals surface area contributed by atoms with Crippen molar-refractivity contribution < 1.29 is 26.6 Å². The molecule has 6 rings (SSSR count). The van der Waals surface area contributed by atoms with Crippen molar-refractivity contribution in [2.75, 3.05) is 7.11 Å². The van der Waals surface area contributed by atoms with Gasteiger partial charge in [0.1, 0.15) is 0 Å². The van der Waals surface area contributed by atoms with Gasteiger partial charge in [-0.15, -0.1) is 0 Å². The molecule has 2 nitrogen and oxygen atoms in total. The van der Waals surface area contributed by atoms with Crippen LogP contribution in [0.15, 0.2) is 121 Å². The molecule has 0 aliphatic heterocycles. The Hall–Kier alpha value is -2.27. The van der Waals surface area contributed by atoms with Crippen molar-refractivity contribution in [3.05, 3.63) is 136 Å². The second-order valence-electron chi connectivity index (χ2n) is 10.9. The largest absolute Gasteiger partial charge is 2.00 e. The van der Waals surface area contributed by atoms with E-state index in [1.54, 1.807) is 28.1 Å². The molecule has 0 atom stereocenters. The van der Waals surface area contributed by atoms with Crippen LogP contribution in [0, 0.1) is 14.9 Å². The predicted molar refractivity (Wildman–Crippen MR) is 220 cm³/mol. The van der Waals surface area contributed by atoms with Crippen LogP contribution in [-0.2, 0) is 26.6 Å². The molecule has 4 aromatic rings. The fourth-order valence-corrected chi connectivity index (χ4v) is 12.0. The van der Waals surface area contributed by atoms with E-state index in [0.29, 0.717) is 6.42 Å². The molecule has 0 radical (unpaired) electrons. The maximum atomic E-state index is 9.96. The van der Waals surface area contributed by atoms with Crippen molar-refractivity contribution in [1.82, 2.24) is 0 Å². The van der Waals surface area contributed by atoms with E-state index in [-0.39, 0.29) is 53.7 Å². The first-order valence-corrected chi connectivity index (χ1v) is 20.4. The summed E-state index contributed by atoms with van der Waals surface area (Å²) in [6.07, 6.45) is 11.8. The minimum atomic E-state index is -0.157. The second kappa shape index (κ2) is 30.5. The van der Waals surface area contributed by atoms with Gasteiger partial charge in [-0.05, 0) is 74.1 Å². The monoisotopic (exact) mass is 742 g/mol. The number of ether oxygens (including phenoxy) is 1. The Morgan fingerprint density at radius 2 is 0.755 bits per heavy atom. The first kappa shape index (κ1) is 48.8. The number of carbonyl (C=O) groups is 1. The Bertz CT molecular complexity index is 1100. The number of benzene rings is 4.